The summed E-state index contributed by atoms with van der Waals surface area (Å²) in [7, 11) is -3.87. The number of nitro benzene ring substituents is 1. The standard InChI is InChI=1S/C21H27N3O5S/c1-15-10-13-19(24(26)27)14-20(15)23(30(4,28)29)17(3)21(25)22-16(2)11-12-18-8-6-5-7-9-18/h5-10,13-14,16-17H,11-12H2,1-4H3,(H,22,25)/t16-,17-/m0/s1. The fraction of sp³-hybridized carbons (Fsp3) is 0.381. The maximum atomic E-state index is 12.8. The lowest BCUT2D eigenvalue weighted by atomic mass is 10.1. The molecule has 30 heavy (non-hydrogen) atoms. The molecule has 0 aliphatic rings. The molecule has 162 valence electrons. The molecule has 0 aliphatic carbocycles. The van der Waals surface area contributed by atoms with Crippen molar-refractivity contribution in [2.24, 2.45) is 0 Å². The first-order valence-corrected chi connectivity index (χ1v) is 11.4. The van der Waals surface area contributed by atoms with E-state index in [4.69, 9.17) is 0 Å². The Labute approximate surface area is 177 Å². The number of carbonyl (C=O) groups is 1. The lowest BCUT2D eigenvalue weighted by molar-refractivity contribution is -0.384. The number of non-ortho nitro benzene ring substituents is 1. The number of rotatable bonds is 9. The fourth-order valence-corrected chi connectivity index (χ4v) is 4.42. The average Bonchev–Trinajstić information content (AvgIpc) is 2.67. The van der Waals surface area contributed by atoms with Crippen LogP contribution in [0.2, 0.25) is 0 Å². The Morgan fingerprint density at radius 3 is 2.37 bits per heavy atom. The molecule has 0 fully saturated rings. The third kappa shape index (κ3) is 6.03. The molecule has 9 heteroatoms. The topological polar surface area (TPSA) is 110 Å². The minimum atomic E-state index is -3.87. The van der Waals surface area contributed by atoms with Crippen LogP contribution in [0.15, 0.2) is 48.5 Å². The Kier molecular flexibility index (Phi) is 7.55. The lowest BCUT2D eigenvalue weighted by Gasteiger charge is -2.30. The minimum absolute atomic E-state index is 0.117. The van der Waals surface area contributed by atoms with E-state index in [1.54, 1.807) is 6.92 Å². The van der Waals surface area contributed by atoms with E-state index in [0.717, 1.165) is 22.5 Å². The molecule has 2 aromatic rings. The van der Waals surface area contributed by atoms with Crippen molar-refractivity contribution in [1.82, 2.24) is 5.32 Å². The van der Waals surface area contributed by atoms with Crippen molar-refractivity contribution in [2.75, 3.05) is 10.6 Å². The molecule has 0 bridgehead atoms. The lowest BCUT2D eigenvalue weighted by Crippen LogP contribution is -2.50. The van der Waals surface area contributed by atoms with Gasteiger partial charge in [-0.1, -0.05) is 36.4 Å². The molecule has 0 aromatic heterocycles. The van der Waals surface area contributed by atoms with E-state index >= 15 is 0 Å². The van der Waals surface area contributed by atoms with Crippen molar-refractivity contribution in [3.63, 3.8) is 0 Å². The number of sulfonamides is 1. The average molecular weight is 434 g/mol. The molecule has 0 aliphatic heterocycles. The second-order valence-electron chi connectivity index (χ2n) is 7.40. The van der Waals surface area contributed by atoms with Gasteiger partial charge in [-0.25, -0.2) is 8.42 Å². The van der Waals surface area contributed by atoms with Gasteiger partial charge in [-0.2, -0.15) is 0 Å². The Morgan fingerprint density at radius 1 is 1.17 bits per heavy atom. The summed E-state index contributed by atoms with van der Waals surface area (Å²) < 4.78 is 25.9. The zero-order chi connectivity index (χ0) is 22.5. The van der Waals surface area contributed by atoms with Gasteiger partial charge in [0.15, 0.2) is 0 Å². The normalized spacial score (nSPS) is 13.3. The Hall–Kier alpha value is -2.94. The number of anilines is 1. The van der Waals surface area contributed by atoms with Gasteiger partial charge >= 0.3 is 0 Å². The predicted molar refractivity (Wildman–Crippen MR) is 117 cm³/mol. The van der Waals surface area contributed by atoms with Gasteiger partial charge in [-0.15, -0.1) is 0 Å². The minimum Gasteiger partial charge on any atom is -0.352 e. The van der Waals surface area contributed by atoms with Crippen LogP contribution in [0, 0.1) is 17.0 Å². The summed E-state index contributed by atoms with van der Waals surface area (Å²) in [6.07, 6.45) is 2.45. The number of nitrogens with one attached hydrogen (secondary N) is 1. The molecule has 0 unspecified atom stereocenters. The quantitative estimate of drug-likeness (QED) is 0.482. The molecular formula is C21H27N3O5S. The highest BCUT2D eigenvalue weighted by Gasteiger charge is 2.31. The third-order valence-electron chi connectivity index (χ3n) is 4.83. The molecule has 0 heterocycles. The molecule has 2 atom stereocenters. The first kappa shape index (κ1) is 23.3. The second-order valence-corrected chi connectivity index (χ2v) is 9.26. The number of nitro groups is 1. The fourth-order valence-electron chi connectivity index (χ4n) is 3.19. The Balaban J connectivity index is 2.19. The molecule has 0 saturated heterocycles. The van der Waals surface area contributed by atoms with Crippen LogP contribution in [0.1, 0.15) is 31.4 Å². The van der Waals surface area contributed by atoms with Gasteiger partial charge in [-0.3, -0.25) is 19.2 Å². The highest BCUT2D eigenvalue weighted by Crippen LogP contribution is 2.29. The largest absolute Gasteiger partial charge is 0.352 e. The van der Waals surface area contributed by atoms with Gasteiger partial charge in [0, 0.05) is 18.2 Å². The molecule has 1 N–H and O–H groups in total. The Bertz CT molecular complexity index is 1010. The van der Waals surface area contributed by atoms with E-state index in [9.17, 15) is 23.3 Å². The summed E-state index contributed by atoms with van der Waals surface area (Å²) in [6.45, 7) is 4.97. The predicted octanol–water partition coefficient (Wildman–Crippen LogP) is 3.20. The number of hydrogen-bond acceptors (Lipinski definition) is 5. The van der Waals surface area contributed by atoms with Crippen LogP contribution in [0.5, 0.6) is 0 Å². The maximum absolute atomic E-state index is 12.8. The summed E-state index contributed by atoms with van der Waals surface area (Å²) in [5, 5.41) is 14.0. The molecule has 2 rings (SSSR count). The summed E-state index contributed by atoms with van der Waals surface area (Å²) in [5.74, 6) is -0.466. The van der Waals surface area contributed by atoms with E-state index < -0.39 is 26.9 Å². The van der Waals surface area contributed by atoms with Crippen molar-refractivity contribution in [3.8, 4) is 0 Å². The first-order valence-electron chi connectivity index (χ1n) is 9.59. The Morgan fingerprint density at radius 2 is 1.80 bits per heavy atom. The molecule has 2 aromatic carbocycles. The van der Waals surface area contributed by atoms with Gasteiger partial charge in [-0.05, 0) is 44.7 Å². The summed E-state index contributed by atoms with van der Waals surface area (Å²) in [6, 6.07) is 12.6. The van der Waals surface area contributed by atoms with Gasteiger partial charge in [0.05, 0.1) is 16.9 Å². The van der Waals surface area contributed by atoms with Crippen LogP contribution in [-0.2, 0) is 21.2 Å². The number of aryl methyl sites for hydroxylation is 2. The van der Waals surface area contributed by atoms with Crippen molar-refractivity contribution < 1.29 is 18.1 Å². The summed E-state index contributed by atoms with van der Waals surface area (Å²) in [4.78, 5) is 23.3. The van der Waals surface area contributed by atoms with Crippen LogP contribution >= 0.6 is 0 Å². The second kappa shape index (κ2) is 9.71. The van der Waals surface area contributed by atoms with E-state index in [0.29, 0.717) is 12.0 Å². The van der Waals surface area contributed by atoms with Crippen LogP contribution in [0.25, 0.3) is 0 Å². The highest BCUT2D eigenvalue weighted by molar-refractivity contribution is 7.92. The molecule has 1 amide bonds. The molecule has 0 radical (unpaired) electrons. The van der Waals surface area contributed by atoms with Crippen molar-refractivity contribution >= 4 is 27.3 Å². The number of nitrogens with zero attached hydrogens (tertiary/aromatic N) is 2. The monoisotopic (exact) mass is 433 g/mol. The van der Waals surface area contributed by atoms with Gasteiger partial charge in [0.1, 0.15) is 6.04 Å². The van der Waals surface area contributed by atoms with Crippen molar-refractivity contribution in [1.29, 1.82) is 0 Å². The van der Waals surface area contributed by atoms with Crippen molar-refractivity contribution in [3.05, 3.63) is 69.8 Å². The van der Waals surface area contributed by atoms with Crippen LogP contribution in [0.3, 0.4) is 0 Å². The zero-order valence-corrected chi connectivity index (χ0v) is 18.3. The number of amides is 1. The van der Waals surface area contributed by atoms with Crippen LogP contribution in [-0.4, -0.2) is 37.6 Å². The van der Waals surface area contributed by atoms with E-state index in [1.807, 2.05) is 37.3 Å². The third-order valence-corrected chi connectivity index (χ3v) is 6.05. The summed E-state index contributed by atoms with van der Waals surface area (Å²) in [5.41, 5.74) is 1.54. The van der Waals surface area contributed by atoms with E-state index in [1.165, 1.54) is 25.1 Å². The first-order chi connectivity index (χ1) is 14.0. The van der Waals surface area contributed by atoms with Crippen molar-refractivity contribution in [2.45, 2.75) is 45.7 Å². The summed E-state index contributed by atoms with van der Waals surface area (Å²) >= 11 is 0. The van der Waals surface area contributed by atoms with Gasteiger partial charge in [0.2, 0.25) is 15.9 Å². The maximum Gasteiger partial charge on any atom is 0.271 e. The number of benzene rings is 2. The molecule has 0 saturated carbocycles. The smallest absolute Gasteiger partial charge is 0.271 e. The zero-order valence-electron chi connectivity index (χ0n) is 17.5. The van der Waals surface area contributed by atoms with Gasteiger partial charge < -0.3 is 5.32 Å². The van der Waals surface area contributed by atoms with Crippen LogP contribution < -0.4 is 9.62 Å². The molecule has 0 spiro atoms. The van der Waals surface area contributed by atoms with Crippen LogP contribution in [0.4, 0.5) is 11.4 Å². The SMILES string of the molecule is Cc1ccc([N+](=O)[O-])cc1N([C@@H](C)C(=O)N[C@@H](C)CCc1ccccc1)S(C)(=O)=O. The van der Waals surface area contributed by atoms with E-state index in [-0.39, 0.29) is 17.4 Å². The number of hydrogen-bond donors (Lipinski definition) is 1. The highest BCUT2D eigenvalue weighted by atomic mass is 32.2. The molecular weight excluding hydrogens is 406 g/mol. The van der Waals surface area contributed by atoms with E-state index in [2.05, 4.69) is 5.32 Å². The van der Waals surface area contributed by atoms with Gasteiger partial charge in [0.25, 0.3) is 5.69 Å². The molecule has 8 nitrogen and oxygen atoms in total. The number of carbonyl (C=O) groups excluding carboxylic acids is 1.